The Morgan fingerprint density at radius 2 is 1.94 bits per heavy atom. The Morgan fingerprint density at radius 3 is 2.71 bits per heavy atom. The van der Waals surface area contributed by atoms with Crippen molar-refractivity contribution in [1.29, 1.82) is 0 Å². The molecule has 0 aromatic heterocycles. The number of hydrogen-bond acceptors (Lipinski definition) is 2. The molecule has 0 radical (unpaired) electrons. The van der Waals surface area contributed by atoms with Crippen molar-refractivity contribution < 1.29 is 4.79 Å². The average molecular weight is 230 g/mol. The first-order valence-corrected chi connectivity index (χ1v) is 6.34. The second-order valence-corrected chi connectivity index (χ2v) is 5.19. The lowest BCUT2D eigenvalue weighted by molar-refractivity contribution is -0.118. The van der Waals surface area contributed by atoms with E-state index >= 15 is 0 Å². The molecule has 1 amide bonds. The van der Waals surface area contributed by atoms with E-state index in [0.717, 1.165) is 31.6 Å². The van der Waals surface area contributed by atoms with Crippen molar-refractivity contribution >= 4 is 11.6 Å². The van der Waals surface area contributed by atoms with E-state index in [9.17, 15) is 4.79 Å². The van der Waals surface area contributed by atoms with Crippen molar-refractivity contribution in [2.75, 3.05) is 25.5 Å². The molecule has 17 heavy (non-hydrogen) atoms. The van der Waals surface area contributed by atoms with Gasteiger partial charge < -0.3 is 10.2 Å². The molecule has 3 rings (SSSR count). The van der Waals surface area contributed by atoms with Gasteiger partial charge in [0.2, 0.25) is 5.91 Å². The molecule has 3 heteroatoms. The van der Waals surface area contributed by atoms with Crippen LogP contribution in [0.15, 0.2) is 24.3 Å². The Balaban J connectivity index is 1.86. The van der Waals surface area contributed by atoms with Crippen LogP contribution in [-0.2, 0) is 4.79 Å². The van der Waals surface area contributed by atoms with Gasteiger partial charge in [0.1, 0.15) is 0 Å². The number of carbonyl (C=O) groups is 1. The van der Waals surface area contributed by atoms with Crippen molar-refractivity contribution in [1.82, 2.24) is 4.90 Å². The summed E-state index contributed by atoms with van der Waals surface area (Å²) in [5.41, 5.74) is 2.22. The monoisotopic (exact) mass is 230 g/mol. The third-order valence-electron chi connectivity index (χ3n) is 4.07. The van der Waals surface area contributed by atoms with Gasteiger partial charge in [-0.05, 0) is 50.5 Å². The molecule has 90 valence electrons. The zero-order valence-corrected chi connectivity index (χ0v) is 10.1. The van der Waals surface area contributed by atoms with Crippen LogP contribution in [0.5, 0.6) is 0 Å². The van der Waals surface area contributed by atoms with Gasteiger partial charge in [0.05, 0.1) is 5.92 Å². The number of nitrogens with one attached hydrogen (secondary N) is 1. The van der Waals surface area contributed by atoms with Crippen LogP contribution in [0.25, 0.3) is 0 Å². The van der Waals surface area contributed by atoms with Gasteiger partial charge in [0, 0.05) is 5.69 Å². The van der Waals surface area contributed by atoms with Crippen LogP contribution in [-0.4, -0.2) is 30.9 Å². The Bertz CT molecular complexity index is 436. The van der Waals surface area contributed by atoms with E-state index < -0.39 is 0 Å². The van der Waals surface area contributed by atoms with E-state index in [1.54, 1.807) is 0 Å². The van der Waals surface area contributed by atoms with Crippen LogP contribution in [0, 0.1) is 5.92 Å². The molecule has 1 atom stereocenters. The quantitative estimate of drug-likeness (QED) is 0.801. The van der Waals surface area contributed by atoms with Crippen molar-refractivity contribution in [3.8, 4) is 0 Å². The van der Waals surface area contributed by atoms with Crippen LogP contribution >= 0.6 is 0 Å². The predicted octanol–water partition coefficient (Wildman–Crippen LogP) is 2.06. The third kappa shape index (κ3) is 1.84. The minimum atomic E-state index is 0.0832. The molecule has 1 N–H and O–H groups in total. The molecule has 1 fully saturated rings. The normalized spacial score (nSPS) is 25.7. The molecule has 0 spiro atoms. The maximum atomic E-state index is 12.1. The van der Waals surface area contributed by atoms with Crippen molar-refractivity contribution in [2.24, 2.45) is 5.92 Å². The summed E-state index contributed by atoms with van der Waals surface area (Å²) >= 11 is 0. The molecule has 0 saturated carbocycles. The first-order chi connectivity index (χ1) is 8.25. The van der Waals surface area contributed by atoms with Gasteiger partial charge in [-0.25, -0.2) is 0 Å². The fourth-order valence-corrected chi connectivity index (χ4v) is 3.06. The zero-order chi connectivity index (χ0) is 11.8. The number of rotatable bonds is 1. The van der Waals surface area contributed by atoms with E-state index in [2.05, 4.69) is 23.3 Å². The van der Waals surface area contributed by atoms with Gasteiger partial charge in [0.15, 0.2) is 0 Å². The molecule has 3 nitrogen and oxygen atoms in total. The van der Waals surface area contributed by atoms with Gasteiger partial charge in [0.25, 0.3) is 0 Å². The first-order valence-electron chi connectivity index (χ1n) is 6.34. The summed E-state index contributed by atoms with van der Waals surface area (Å²) in [6, 6.07) is 8.11. The number of amides is 1. The number of nitrogens with zero attached hydrogens (tertiary/aromatic N) is 1. The highest BCUT2D eigenvalue weighted by Gasteiger charge is 2.37. The summed E-state index contributed by atoms with van der Waals surface area (Å²) < 4.78 is 0. The average Bonchev–Trinajstić information content (AvgIpc) is 2.66. The van der Waals surface area contributed by atoms with Gasteiger partial charge in [-0.3, -0.25) is 4.79 Å². The summed E-state index contributed by atoms with van der Waals surface area (Å²) in [7, 11) is 2.15. The van der Waals surface area contributed by atoms with Crippen LogP contribution < -0.4 is 5.32 Å². The van der Waals surface area contributed by atoms with Crippen molar-refractivity contribution in [2.45, 2.75) is 18.8 Å². The number of piperidine rings is 1. The topological polar surface area (TPSA) is 32.3 Å². The van der Waals surface area contributed by atoms with Crippen molar-refractivity contribution in [3.63, 3.8) is 0 Å². The number of likely N-dealkylation sites (tertiary alicyclic amines) is 1. The smallest absolute Gasteiger partial charge is 0.232 e. The standard InChI is InChI=1S/C14H18N2O/c1-16-8-6-10(7-9-16)13-11-4-2-3-5-12(11)15-14(13)17/h2-5,10,13H,6-9H2,1H3,(H,15,17). The molecule has 1 saturated heterocycles. The van der Waals surface area contributed by atoms with E-state index in [-0.39, 0.29) is 11.8 Å². The fourth-order valence-electron chi connectivity index (χ4n) is 3.06. The van der Waals surface area contributed by atoms with Crippen LogP contribution in [0.1, 0.15) is 24.3 Å². The number of hydrogen-bond donors (Lipinski definition) is 1. The predicted molar refractivity (Wildman–Crippen MR) is 68.0 cm³/mol. The SMILES string of the molecule is CN1CCC(C2C(=O)Nc3ccccc32)CC1. The maximum absolute atomic E-state index is 12.1. The lowest BCUT2D eigenvalue weighted by Crippen LogP contribution is -2.34. The van der Waals surface area contributed by atoms with Gasteiger partial charge in [-0.1, -0.05) is 18.2 Å². The number of anilines is 1. The molecule has 1 aromatic rings. The van der Waals surface area contributed by atoms with Crippen LogP contribution in [0.4, 0.5) is 5.69 Å². The first kappa shape index (κ1) is 10.8. The lowest BCUT2D eigenvalue weighted by atomic mass is 9.81. The van der Waals surface area contributed by atoms with E-state index in [4.69, 9.17) is 0 Å². The Morgan fingerprint density at radius 1 is 1.24 bits per heavy atom. The van der Waals surface area contributed by atoms with Crippen molar-refractivity contribution in [3.05, 3.63) is 29.8 Å². The van der Waals surface area contributed by atoms with Gasteiger partial charge >= 0.3 is 0 Å². The molecular formula is C14H18N2O. The van der Waals surface area contributed by atoms with Crippen LogP contribution in [0.3, 0.4) is 0 Å². The summed E-state index contributed by atoms with van der Waals surface area (Å²) in [5.74, 6) is 0.788. The number of para-hydroxylation sites is 1. The highest BCUT2D eigenvalue weighted by molar-refractivity contribution is 6.03. The minimum Gasteiger partial charge on any atom is -0.325 e. The summed E-state index contributed by atoms with van der Waals surface area (Å²) in [4.78, 5) is 14.4. The zero-order valence-electron chi connectivity index (χ0n) is 10.1. The highest BCUT2D eigenvalue weighted by atomic mass is 16.2. The minimum absolute atomic E-state index is 0.0832. The molecule has 1 aromatic carbocycles. The van der Waals surface area contributed by atoms with Gasteiger partial charge in [-0.15, -0.1) is 0 Å². The van der Waals surface area contributed by atoms with E-state index in [1.165, 1.54) is 5.56 Å². The number of carbonyl (C=O) groups excluding carboxylic acids is 1. The molecular weight excluding hydrogens is 212 g/mol. The molecule has 2 heterocycles. The van der Waals surface area contributed by atoms with E-state index in [0.29, 0.717) is 5.92 Å². The van der Waals surface area contributed by atoms with E-state index in [1.807, 2.05) is 18.2 Å². The highest BCUT2D eigenvalue weighted by Crippen LogP contribution is 2.40. The molecule has 0 aliphatic carbocycles. The Labute approximate surface area is 102 Å². The second kappa shape index (κ2) is 4.15. The maximum Gasteiger partial charge on any atom is 0.232 e. The summed E-state index contributed by atoms with van der Waals surface area (Å²) in [5, 5.41) is 3.00. The number of fused-ring (bicyclic) bond motifs is 1. The largest absolute Gasteiger partial charge is 0.325 e. The fraction of sp³-hybridized carbons (Fsp3) is 0.500. The molecule has 0 bridgehead atoms. The third-order valence-corrected chi connectivity index (χ3v) is 4.07. The molecule has 2 aliphatic heterocycles. The Kier molecular flexibility index (Phi) is 2.63. The second-order valence-electron chi connectivity index (χ2n) is 5.19. The van der Waals surface area contributed by atoms with Crippen LogP contribution in [0.2, 0.25) is 0 Å². The molecule has 1 unspecified atom stereocenters. The Hall–Kier alpha value is -1.35. The van der Waals surface area contributed by atoms with Gasteiger partial charge in [-0.2, -0.15) is 0 Å². The number of benzene rings is 1. The summed E-state index contributed by atoms with van der Waals surface area (Å²) in [6.45, 7) is 2.22. The molecule has 2 aliphatic rings. The summed E-state index contributed by atoms with van der Waals surface area (Å²) in [6.07, 6.45) is 2.26. The lowest BCUT2D eigenvalue weighted by Gasteiger charge is -2.31.